The Labute approximate surface area is 162 Å². The molecule has 142 valence electrons. The fraction of sp³-hybridized carbons (Fsp3) is 0.480. The molecule has 0 amide bonds. The molecular formula is C25H30O2. The van der Waals surface area contributed by atoms with Crippen molar-refractivity contribution in [2.75, 3.05) is 0 Å². The number of carbonyl (C=O) groups excluding carboxylic acids is 1. The van der Waals surface area contributed by atoms with E-state index in [0.717, 1.165) is 32.1 Å². The Bertz CT molecular complexity index is 739. The van der Waals surface area contributed by atoms with Gasteiger partial charge in [-0.25, -0.2) is 0 Å². The Morgan fingerprint density at radius 2 is 1.74 bits per heavy atom. The molecule has 3 aliphatic rings. The van der Waals surface area contributed by atoms with Crippen LogP contribution in [0.4, 0.5) is 0 Å². The summed E-state index contributed by atoms with van der Waals surface area (Å²) in [4.78, 5) is 13.2. The second-order valence-corrected chi connectivity index (χ2v) is 8.25. The molecule has 5 atom stereocenters. The Hall–Kier alpha value is -1.93. The molecule has 2 aromatic rings. The van der Waals surface area contributed by atoms with E-state index in [1.54, 1.807) is 0 Å². The summed E-state index contributed by atoms with van der Waals surface area (Å²) in [5, 5.41) is 0. The lowest BCUT2D eigenvalue weighted by molar-refractivity contribution is -0.163. The van der Waals surface area contributed by atoms with E-state index in [2.05, 4.69) is 61.5 Å². The van der Waals surface area contributed by atoms with Crippen LogP contribution in [0.3, 0.4) is 0 Å². The van der Waals surface area contributed by atoms with E-state index in [-0.39, 0.29) is 12.2 Å². The van der Waals surface area contributed by atoms with Crippen molar-refractivity contribution in [3.8, 4) is 0 Å². The molecule has 2 heterocycles. The summed E-state index contributed by atoms with van der Waals surface area (Å²) in [6, 6.07) is 21.2. The Morgan fingerprint density at radius 1 is 1.04 bits per heavy atom. The van der Waals surface area contributed by atoms with Crippen molar-refractivity contribution in [3.05, 3.63) is 71.8 Å². The van der Waals surface area contributed by atoms with Crippen LogP contribution in [-0.2, 0) is 9.53 Å². The molecule has 2 bridgehead atoms. The molecule has 2 saturated heterocycles. The van der Waals surface area contributed by atoms with Crippen LogP contribution < -0.4 is 0 Å². The zero-order valence-corrected chi connectivity index (χ0v) is 16.2. The summed E-state index contributed by atoms with van der Waals surface area (Å²) in [5.74, 6) is 1.47. The molecule has 1 saturated carbocycles. The van der Waals surface area contributed by atoms with Gasteiger partial charge in [-0.15, -0.1) is 0 Å². The molecule has 2 aromatic carbocycles. The highest BCUT2D eigenvalue weighted by Gasteiger charge is 2.45. The van der Waals surface area contributed by atoms with Crippen molar-refractivity contribution in [2.24, 2.45) is 5.92 Å². The molecule has 1 aliphatic carbocycles. The van der Waals surface area contributed by atoms with E-state index in [1.807, 2.05) is 6.07 Å². The summed E-state index contributed by atoms with van der Waals surface area (Å²) in [7, 11) is 0. The highest BCUT2D eigenvalue weighted by atomic mass is 16.5. The highest BCUT2D eigenvalue weighted by Crippen LogP contribution is 2.46. The largest absolute Gasteiger partial charge is 0.366 e. The summed E-state index contributed by atoms with van der Waals surface area (Å²) in [6.45, 7) is 2.20. The minimum atomic E-state index is -0.188. The molecule has 0 radical (unpaired) electrons. The first-order valence-electron chi connectivity index (χ1n) is 10.5. The van der Waals surface area contributed by atoms with Crippen LogP contribution in [0.25, 0.3) is 0 Å². The van der Waals surface area contributed by atoms with Gasteiger partial charge in [-0.05, 0) is 48.6 Å². The van der Waals surface area contributed by atoms with E-state index < -0.39 is 0 Å². The predicted octanol–water partition coefficient (Wildman–Crippen LogP) is 5.88. The highest BCUT2D eigenvalue weighted by molar-refractivity contribution is 5.84. The summed E-state index contributed by atoms with van der Waals surface area (Å²) in [6.07, 6.45) is 6.10. The number of Topliss-reactive ketones (excluding diaryl/α,β-unsaturated/α-hetero) is 1. The van der Waals surface area contributed by atoms with Crippen molar-refractivity contribution >= 4 is 5.78 Å². The summed E-state index contributed by atoms with van der Waals surface area (Å²) < 4.78 is 6.38. The Kier molecular flexibility index (Phi) is 5.73. The molecule has 5 unspecified atom stereocenters. The van der Waals surface area contributed by atoms with E-state index in [4.69, 9.17) is 4.74 Å². The van der Waals surface area contributed by atoms with Gasteiger partial charge in [0.15, 0.2) is 5.78 Å². The molecular weight excluding hydrogens is 332 g/mol. The number of rotatable bonds is 7. The number of hydrogen-bond acceptors (Lipinski definition) is 2. The molecule has 2 heteroatoms. The first kappa shape index (κ1) is 18.4. The van der Waals surface area contributed by atoms with Gasteiger partial charge in [-0.1, -0.05) is 74.0 Å². The molecule has 3 fully saturated rings. The van der Waals surface area contributed by atoms with Crippen LogP contribution in [0.1, 0.15) is 68.4 Å². The van der Waals surface area contributed by atoms with Gasteiger partial charge in [0.2, 0.25) is 0 Å². The quantitative estimate of drug-likeness (QED) is 0.615. The van der Waals surface area contributed by atoms with E-state index in [9.17, 15) is 4.79 Å². The second kappa shape index (κ2) is 8.39. The minimum absolute atomic E-state index is 0.188. The number of fused-ring (bicyclic) bond motifs is 3. The zero-order chi connectivity index (χ0) is 18.6. The lowest BCUT2D eigenvalue weighted by atomic mass is 9.69. The SMILES string of the molecule is CCCC(CC(=O)C1OC2CCC1CC2c1ccccc1)c1ccccc1. The summed E-state index contributed by atoms with van der Waals surface area (Å²) in [5.41, 5.74) is 2.65. The maximum atomic E-state index is 13.2. The van der Waals surface area contributed by atoms with Crippen LogP contribution >= 0.6 is 0 Å². The lowest BCUT2D eigenvalue weighted by Crippen LogP contribution is -2.49. The average molecular weight is 363 g/mol. The van der Waals surface area contributed by atoms with Crippen LogP contribution in [-0.4, -0.2) is 18.0 Å². The van der Waals surface area contributed by atoms with Crippen molar-refractivity contribution < 1.29 is 9.53 Å². The standard InChI is InChI=1S/C25H30O2/c1-2-9-20(18-10-5-3-6-11-18)17-23(26)25-21-14-15-24(27-25)22(16-21)19-12-7-4-8-13-19/h3-8,10-13,20-22,24-25H,2,9,14-17H2,1H3. The topological polar surface area (TPSA) is 26.3 Å². The molecule has 0 N–H and O–H groups in total. The molecule has 5 rings (SSSR count). The van der Waals surface area contributed by atoms with E-state index in [0.29, 0.717) is 30.0 Å². The number of benzene rings is 2. The third-order valence-corrected chi connectivity index (χ3v) is 6.48. The van der Waals surface area contributed by atoms with Crippen LogP contribution in [0.15, 0.2) is 60.7 Å². The first-order chi connectivity index (χ1) is 13.3. The third kappa shape index (κ3) is 4.01. The normalized spacial score (nSPS) is 28.0. The van der Waals surface area contributed by atoms with Gasteiger partial charge in [0.25, 0.3) is 0 Å². The Balaban J connectivity index is 1.44. The molecule has 2 nitrogen and oxygen atoms in total. The second-order valence-electron chi connectivity index (χ2n) is 8.25. The van der Waals surface area contributed by atoms with Gasteiger partial charge in [0.05, 0.1) is 6.10 Å². The molecule has 2 aliphatic heterocycles. The smallest absolute Gasteiger partial charge is 0.162 e. The monoisotopic (exact) mass is 362 g/mol. The maximum absolute atomic E-state index is 13.2. The van der Waals surface area contributed by atoms with Gasteiger partial charge in [0, 0.05) is 12.3 Å². The minimum Gasteiger partial charge on any atom is -0.366 e. The first-order valence-corrected chi connectivity index (χ1v) is 10.5. The maximum Gasteiger partial charge on any atom is 0.162 e. The lowest BCUT2D eigenvalue weighted by Gasteiger charge is -2.47. The predicted molar refractivity (Wildman–Crippen MR) is 109 cm³/mol. The zero-order valence-electron chi connectivity index (χ0n) is 16.2. The molecule has 0 spiro atoms. The van der Waals surface area contributed by atoms with Crippen LogP contribution in [0.5, 0.6) is 0 Å². The van der Waals surface area contributed by atoms with Crippen LogP contribution in [0.2, 0.25) is 0 Å². The van der Waals surface area contributed by atoms with Gasteiger partial charge in [-0.2, -0.15) is 0 Å². The average Bonchev–Trinajstić information content (AvgIpc) is 2.75. The van der Waals surface area contributed by atoms with Gasteiger partial charge >= 0.3 is 0 Å². The van der Waals surface area contributed by atoms with Crippen molar-refractivity contribution in [3.63, 3.8) is 0 Å². The Morgan fingerprint density at radius 3 is 2.37 bits per heavy atom. The third-order valence-electron chi connectivity index (χ3n) is 6.48. The van der Waals surface area contributed by atoms with Gasteiger partial charge in [-0.3, -0.25) is 4.79 Å². The number of carbonyl (C=O) groups is 1. The van der Waals surface area contributed by atoms with Crippen molar-refractivity contribution in [1.29, 1.82) is 0 Å². The fourth-order valence-electron chi connectivity index (χ4n) is 5.12. The summed E-state index contributed by atoms with van der Waals surface area (Å²) >= 11 is 0. The van der Waals surface area contributed by atoms with Gasteiger partial charge < -0.3 is 4.74 Å². The number of ketones is 1. The van der Waals surface area contributed by atoms with Crippen molar-refractivity contribution in [2.45, 2.75) is 69.5 Å². The van der Waals surface area contributed by atoms with Crippen molar-refractivity contribution in [1.82, 2.24) is 0 Å². The number of hydrogen-bond donors (Lipinski definition) is 0. The van der Waals surface area contributed by atoms with Gasteiger partial charge in [0.1, 0.15) is 6.10 Å². The van der Waals surface area contributed by atoms with Crippen LogP contribution in [0, 0.1) is 5.92 Å². The molecule has 27 heavy (non-hydrogen) atoms. The fourth-order valence-corrected chi connectivity index (χ4v) is 5.12. The molecule has 0 aromatic heterocycles. The number of ether oxygens (including phenoxy) is 1. The van der Waals surface area contributed by atoms with E-state index >= 15 is 0 Å². The van der Waals surface area contributed by atoms with E-state index in [1.165, 1.54) is 11.1 Å².